The van der Waals surface area contributed by atoms with Crippen LogP contribution in [0, 0.1) is 11.2 Å². The molecule has 1 amide bonds. The molecule has 2 fully saturated rings. The van der Waals surface area contributed by atoms with Gasteiger partial charge in [0.05, 0.1) is 10.8 Å². The monoisotopic (exact) mass is 583 g/mol. The first-order chi connectivity index (χ1) is 20.9. The fourth-order valence-corrected chi connectivity index (χ4v) is 5.52. The molecule has 9 nitrogen and oxygen atoms in total. The lowest BCUT2D eigenvalue weighted by molar-refractivity contribution is -0.133. The number of nitrogens with one attached hydrogen (secondary N) is 3. The van der Waals surface area contributed by atoms with Crippen LogP contribution in [0.1, 0.15) is 34.5 Å². The van der Waals surface area contributed by atoms with Gasteiger partial charge in [-0.1, -0.05) is 24.3 Å². The van der Waals surface area contributed by atoms with Crippen molar-refractivity contribution in [2.24, 2.45) is 5.41 Å². The van der Waals surface area contributed by atoms with E-state index in [0.29, 0.717) is 53.2 Å². The first-order valence-corrected chi connectivity index (χ1v) is 14.7. The first kappa shape index (κ1) is 28.7. The van der Waals surface area contributed by atoms with Crippen molar-refractivity contribution in [2.45, 2.75) is 25.7 Å². The molecule has 0 radical (unpaired) electrons. The summed E-state index contributed by atoms with van der Waals surface area (Å²) < 4.78 is 19.3. The first-order valence-electron chi connectivity index (χ1n) is 14.7. The quantitative estimate of drug-likeness (QED) is 0.217. The summed E-state index contributed by atoms with van der Waals surface area (Å²) in [5.74, 6) is 0.373. The van der Waals surface area contributed by atoms with Crippen molar-refractivity contribution in [1.82, 2.24) is 25.5 Å². The van der Waals surface area contributed by atoms with Crippen molar-refractivity contribution in [1.29, 1.82) is 0 Å². The van der Waals surface area contributed by atoms with Gasteiger partial charge in [-0.3, -0.25) is 19.3 Å². The SMILES string of the molecule is O=C(NCCN1CCNCC1)c1cc2c(Oc3ccc(CC(=O)C4(C(=O)Cc5ccc(F)cc5)CC4)cc3)ccnc2[nH]1. The number of hydrogen-bond acceptors (Lipinski definition) is 7. The Morgan fingerprint density at radius 3 is 2.23 bits per heavy atom. The molecule has 6 rings (SSSR count). The molecule has 1 aliphatic carbocycles. The number of nitrogens with zero attached hydrogens (tertiary/aromatic N) is 2. The van der Waals surface area contributed by atoms with Crippen molar-refractivity contribution in [3.05, 3.63) is 89.5 Å². The van der Waals surface area contributed by atoms with E-state index in [4.69, 9.17) is 4.74 Å². The van der Waals surface area contributed by atoms with Gasteiger partial charge >= 0.3 is 0 Å². The number of amides is 1. The predicted molar refractivity (Wildman–Crippen MR) is 160 cm³/mol. The Morgan fingerprint density at radius 1 is 0.930 bits per heavy atom. The number of halogens is 1. The maximum absolute atomic E-state index is 13.2. The maximum atomic E-state index is 13.2. The summed E-state index contributed by atoms with van der Waals surface area (Å²) >= 11 is 0. The third-order valence-corrected chi connectivity index (χ3v) is 8.27. The standard InChI is InChI=1S/C33H34FN5O4/c34-24-5-1-22(2-6-24)19-29(40)33(10-11-33)30(41)20-23-3-7-25(8-4-23)43-28-9-12-36-31-26(28)21-27(38-31)32(42)37-15-18-39-16-13-35-14-17-39/h1-9,12,21,35H,10-11,13-20H2,(H,36,38)(H,37,42). The normalized spacial score (nSPS) is 16.1. The van der Waals surface area contributed by atoms with Gasteiger partial charge in [0.25, 0.3) is 5.91 Å². The smallest absolute Gasteiger partial charge is 0.267 e. The molecule has 0 atom stereocenters. The number of ketones is 2. The number of carbonyl (C=O) groups is 3. The molecule has 10 heteroatoms. The topological polar surface area (TPSA) is 116 Å². The number of carbonyl (C=O) groups excluding carboxylic acids is 3. The van der Waals surface area contributed by atoms with Gasteiger partial charge in [-0.15, -0.1) is 0 Å². The number of pyridine rings is 1. The Morgan fingerprint density at radius 2 is 1.58 bits per heavy atom. The molecule has 1 saturated heterocycles. The Bertz CT molecular complexity index is 1620. The molecule has 43 heavy (non-hydrogen) atoms. The van der Waals surface area contributed by atoms with Gasteiger partial charge in [0.1, 0.15) is 28.7 Å². The van der Waals surface area contributed by atoms with Crippen LogP contribution in [0.3, 0.4) is 0 Å². The summed E-state index contributed by atoms with van der Waals surface area (Å²) in [5.41, 5.74) is 1.52. The Balaban J connectivity index is 1.05. The molecule has 2 aromatic carbocycles. The second-order valence-electron chi connectivity index (χ2n) is 11.3. The third kappa shape index (κ3) is 6.65. The zero-order chi connectivity index (χ0) is 29.8. The molecule has 1 saturated carbocycles. The van der Waals surface area contributed by atoms with Gasteiger partial charge in [0.2, 0.25) is 0 Å². The lowest BCUT2D eigenvalue weighted by Crippen LogP contribution is -2.46. The number of ether oxygens (including phenoxy) is 1. The molecule has 0 bridgehead atoms. The number of aromatic nitrogens is 2. The largest absolute Gasteiger partial charge is 0.457 e. The molecule has 2 aromatic heterocycles. The third-order valence-electron chi connectivity index (χ3n) is 8.27. The summed E-state index contributed by atoms with van der Waals surface area (Å²) in [5, 5.41) is 6.98. The van der Waals surface area contributed by atoms with E-state index in [9.17, 15) is 18.8 Å². The number of fused-ring (bicyclic) bond motifs is 1. The summed E-state index contributed by atoms with van der Waals surface area (Å²) in [7, 11) is 0. The Labute approximate surface area is 248 Å². The molecule has 222 valence electrons. The number of H-pyrrole nitrogens is 1. The van der Waals surface area contributed by atoms with E-state index in [-0.39, 0.29) is 36.1 Å². The van der Waals surface area contributed by atoms with E-state index in [2.05, 4.69) is 25.5 Å². The summed E-state index contributed by atoms with van der Waals surface area (Å²) in [6, 6.07) is 16.5. The number of rotatable bonds is 12. The van der Waals surface area contributed by atoms with Crippen LogP contribution in [0.5, 0.6) is 11.5 Å². The second-order valence-corrected chi connectivity index (χ2v) is 11.3. The minimum atomic E-state index is -0.935. The van der Waals surface area contributed by atoms with Crippen LogP contribution in [0.2, 0.25) is 0 Å². The molecular weight excluding hydrogens is 549 g/mol. The van der Waals surface area contributed by atoms with Crippen LogP contribution in [0.25, 0.3) is 11.0 Å². The fraction of sp³-hybridized carbons (Fsp3) is 0.333. The van der Waals surface area contributed by atoms with Crippen LogP contribution in [0.4, 0.5) is 4.39 Å². The Hall–Kier alpha value is -4.41. The van der Waals surface area contributed by atoms with Crippen molar-refractivity contribution in [2.75, 3.05) is 39.3 Å². The zero-order valence-corrected chi connectivity index (χ0v) is 23.8. The second kappa shape index (κ2) is 12.4. The maximum Gasteiger partial charge on any atom is 0.267 e. The van der Waals surface area contributed by atoms with E-state index in [1.165, 1.54) is 12.1 Å². The number of aromatic amines is 1. The van der Waals surface area contributed by atoms with Gasteiger partial charge in [0, 0.05) is 58.3 Å². The van der Waals surface area contributed by atoms with E-state index in [0.717, 1.165) is 38.3 Å². The highest BCUT2D eigenvalue weighted by molar-refractivity contribution is 6.11. The highest BCUT2D eigenvalue weighted by Gasteiger charge is 2.54. The van der Waals surface area contributed by atoms with Gasteiger partial charge in [-0.2, -0.15) is 0 Å². The fourth-order valence-electron chi connectivity index (χ4n) is 5.52. The minimum Gasteiger partial charge on any atom is -0.457 e. The van der Waals surface area contributed by atoms with Crippen LogP contribution >= 0.6 is 0 Å². The van der Waals surface area contributed by atoms with Crippen molar-refractivity contribution in [3.8, 4) is 11.5 Å². The minimum absolute atomic E-state index is 0.0878. The van der Waals surface area contributed by atoms with Gasteiger partial charge in [-0.25, -0.2) is 9.37 Å². The molecule has 4 aromatic rings. The van der Waals surface area contributed by atoms with Crippen LogP contribution in [-0.4, -0.2) is 71.6 Å². The predicted octanol–water partition coefficient (Wildman–Crippen LogP) is 3.83. The van der Waals surface area contributed by atoms with Gasteiger partial charge < -0.3 is 20.4 Å². The molecule has 2 aliphatic rings. The highest BCUT2D eigenvalue weighted by Crippen LogP contribution is 2.48. The average molecular weight is 584 g/mol. The summed E-state index contributed by atoms with van der Waals surface area (Å²) in [6.07, 6.45) is 3.00. The number of Topliss-reactive ketones (excluding diaryl/α,β-unsaturated/α-hetero) is 2. The number of piperazine rings is 1. The van der Waals surface area contributed by atoms with Crippen LogP contribution < -0.4 is 15.4 Å². The van der Waals surface area contributed by atoms with Crippen LogP contribution in [-0.2, 0) is 22.4 Å². The summed E-state index contributed by atoms with van der Waals surface area (Å²) in [4.78, 5) is 48.6. The van der Waals surface area contributed by atoms with E-state index >= 15 is 0 Å². The molecule has 0 spiro atoms. The Kier molecular flexibility index (Phi) is 8.31. The number of benzene rings is 2. The van der Waals surface area contributed by atoms with Crippen LogP contribution in [0.15, 0.2) is 66.9 Å². The van der Waals surface area contributed by atoms with Gasteiger partial charge in [-0.05, 0) is 60.4 Å². The van der Waals surface area contributed by atoms with Crippen molar-refractivity contribution in [3.63, 3.8) is 0 Å². The lowest BCUT2D eigenvalue weighted by atomic mass is 9.88. The average Bonchev–Trinajstić information content (AvgIpc) is 3.72. The molecule has 0 unspecified atom stereocenters. The molecule has 3 heterocycles. The van der Waals surface area contributed by atoms with Crippen molar-refractivity contribution >= 4 is 28.5 Å². The van der Waals surface area contributed by atoms with Crippen molar-refractivity contribution < 1.29 is 23.5 Å². The lowest BCUT2D eigenvalue weighted by Gasteiger charge is -2.26. The molecule has 3 N–H and O–H groups in total. The van der Waals surface area contributed by atoms with E-state index < -0.39 is 5.41 Å². The molecular formula is C33H34FN5O4. The van der Waals surface area contributed by atoms with E-state index in [1.54, 1.807) is 42.6 Å². The highest BCUT2D eigenvalue weighted by atomic mass is 19.1. The molecule has 1 aliphatic heterocycles. The number of hydrogen-bond donors (Lipinski definition) is 3. The van der Waals surface area contributed by atoms with E-state index in [1.807, 2.05) is 12.1 Å². The van der Waals surface area contributed by atoms with Gasteiger partial charge in [0.15, 0.2) is 11.6 Å². The zero-order valence-electron chi connectivity index (χ0n) is 23.8. The summed E-state index contributed by atoms with van der Waals surface area (Å²) in [6.45, 7) is 5.24.